The number of nitrogens with zero attached hydrogens (tertiary/aromatic N) is 4. The number of amides is 1. The zero-order valence-electron chi connectivity index (χ0n) is 18.1. The lowest BCUT2D eigenvalue weighted by molar-refractivity contribution is -0.131. The number of anilines is 1. The predicted octanol–water partition coefficient (Wildman–Crippen LogP) is 4.23. The zero-order chi connectivity index (χ0) is 23.1. The van der Waals surface area contributed by atoms with Crippen LogP contribution in [0.4, 0.5) is 5.69 Å². The Hall–Kier alpha value is -3.03. The Labute approximate surface area is 200 Å². The van der Waals surface area contributed by atoms with Crippen LogP contribution in [-0.2, 0) is 11.3 Å². The Morgan fingerprint density at radius 2 is 1.85 bits per heavy atom. The molecule has 0 bridgehead atoms. The Kier molecular flexibility index (Phi) is 5.76. The second kappa shape index (κ2) is 8.72. The number of carbonyl (C=O) groups excluding carboxylic acids is 1. The molecule has 170 valence electrons. The van der Waals surface area contributed by atoms with Crippen molar-refractivity contribution in [2.24, 2.45) is 0 Å². The van der Waals surface area contributed by atoms with Crippen molar-refractivity contribution in [2.45, 2.75) is 19.9 Å². The summed E-state index contributed by atoms with van der Waals surface area (Å²) in [6.07, 6.45) is 1.79. The first-order valence-corrected chi connectivity index (χ1v) is 11.6. The van der Waals surface area contributed by atoms with Crippen LogP contribution in [0.15, 0.2) is 47.5 Å². The minimum atomic E-state index is -0.161. The molecular formula is C24H23Cl2N5O2. The van der Waals surface area contributed by atoms with Crippen LogP contribution in [0.2, 0.25) is 10.0 Å². The molecule has 2 aromatic carbocycles. The van der Waals surface area contributed by atoms with Crippen LogP contribution >= 0.6 is 23.2 Å². The molecule has 1 fully saturated rings. The lowest BCUT2D eigenvalue weighted by Crippen LogP contribution is -2.49. The largest absolute Gasteiger partial charge is 0.368 e. The van der Waals surface area contributed by atoms with Gasteiger partial charge in [-0.1, -0.05) is 34.8 Å². The van der Waals surface area contributed by atoms with Crippen molar-refractivity contribution in [1.82, 2.24) is 19.4 Å². The Morgan fingerprint density at radius 1 is 1.06 bits per heavy atom. The molecule has 9 heteroatoms. The highest BCUT2D eigenvalue weighted by Crippen LogP contribution is 2.28. The van der Waals surface area contributed by atoms with E-state index in [4.69, 9.17) is 23.2 Å². The molecule has 0 radical (unpaired) electrons. The second-order valence-electron chi connectivity index (χ2n) is 8.36. The molecule has 5 rings (SSSR count). The first-order valence-electron chi connectivity index (χ1n) is 10.9. The van der Waals surface area contributed by atoms with Gasteiger partial charge in [0.2, 0.25) is 5.91 Å². The SMILES string of the molecule is Cc1ccc2[nH]c3c(=O)n(CCC(=O)N4CCN(c5ccc(Cl)c(Cl)c5)CC4)cnc3c2c1. The van der Waals surface area contributed by atoms with Crippen molar-refractivity contribution in [2.75, 3.05) is 31.1 Å². The number of fused-ring (bicyclic) bond motifs is 3. The fraction of sp³-hybridized carbons (Fsp3) is 0.292. The van der Waals surface area contributed by atoms with Gasteiger partial charge in [0, 0.05) is 55.7 Å². The average molecular weight is 484 g/mol. The van der Waals surface area contributed by atoms with E-state index in [2.05, 4.69) is 14.9 Å². The summed E-state index contributed by atoms with van der Waals surface area (Å²) in [7, 11) is 0. The number of piperazine rings is 1. The number of halogens is 2. The Balaban J connectivity index is 1.24. The number of rotatable bonds is 4. The van der Waals surface area contributed by atoms with Crippen LogP contribution in [-0.4, -0.2) is 51.5 Å². The van der Waals surface area contributed by atoms with E-state index in [-0.39, 0.29) is 17.9 Å². The lowest BCUT2D eigenvalue weighted by atomic mass is 10.2. The quantitative estimate of drug-likeness (QED) is 0.471. The molecule has 3 heterocycles. The number of nitrogens with one attached hydrogen (secondary N) is 1. The zero-order valence-corrected chi connectivity index (χ0v) is 19.7. The van der Waals surface area contributed by atoms with E-state index in [0.717, 1.165) is 22.2 Å². The molecule has 1 amide bonds. The van der Waals surface area contributed by atoms with Crippen LogP contribution in [0, 0.1) is 6.92 Å². The van der Waals surface area contributed by atoms with E-state index >= 15 is 0 Å². The van der Waals surface area contributed by atoms with Crippen LogP contribution in [0.1, 0.15) is 12.0 Å². The summed E-state index contributed by atoms with van der Waals surface area (Å²) in [6, 6.07) is 11.5. The van der Waals surface area contributed by atoms with Gasteiger partial charge in [-0.3, -0.25) is 14.2 Å². The van der Waals surface area contributed by atoms with Gasteiger partial charge in [-0.05, 0) is 37.3 Å². The van der Waals surface area contributed by atoms with Gasteiger partial charge in [-0.25, -0.2) is 4.98 Å². The standard InChI is InChI=1S/C24H23Cl2N5O2/c1-15-2-5-20-17(12-15)22-23(28-20)24(33)31(14-27-22)7-6-21(32)30-10-8-29(9-11-30)16-3-4-18(25)19(26)13-16/h2-5,12-14,28H,6-11H2,1H3. The monoisotopic (exact) mass is 483 g/mol. The van der Waals surface area contributed by atoms with E-state index in [1.165, 1.54) is 10.9 Å². The number of benzene rings is 2. The van der Waals surface area contributed by atoms with Crippen LogP contribution < -0.4 is 10.5 Å². The Morgan fingerprint density at radius 3 is 2.61 bits per heavy atom. The van der Waals surface area contributed by atoms with Crippen LogP contribution in [0.25, 0.3) is 21.9 Å². The number of hydrogen-bond acceptors (Lipinski definition) is 4. The van der Waals surface area contributed by atoms with E-state index in [0.29, 0.717) is 53.8 Å². The third kappa shape index (κ3) is 4.18. The number of hydrogen-bond donors (Lipinski definition) is 1. The van der Waals surface area contributed by atoms with E-state index < -0.39 is 0 Å². The maximum absolute atomic E-state index is 13.0. The average Bonchev–Trinajstić information content (AvgIpc) is 3.19. The maximum Gasteiger partial charge on any atom is 0.277 e. The fourth-order valence-corrected chi connectivity index (χ4v) is 4.63. The summed E-state index contributed by atoms with van der Waals surface area (Å²) in [5.41, 5.74) is 3.97. The molecular weight excluding hydrogens is 461 g/mol. The number of aromatic nitrogens is 3. The molecule has 1 saturated heterocycles. The third-order valence-electron chi connectivity index (χ3n) is 6.19. The van der Waals surface area contributed by atoms with Gasteiger partial charge in [0.25, 0.3) is 5.56 Å². The third-order valence-corrected chi connectivity index (χ3v) is 6.93. The summed E-state index contributed by atoms with van der Waals surface area (Å²) >= 11 is 12.1. The summed E-state index contributed by atoms with van der Waals surface area (Å²) in [5.74, 6) is 0.0306. The molecule has 1 aliphatic heterocycles. The number of aromatic amines is 1. The summed E-state index contributed by atoms with van der Waals surface area (Å²) in [5, 5.41) is 1.98. The molecule has 0 unspecified atom stereocenters. The molecule has 1 N–H and O–H groups in total. The highest BCUT2D eigenvalue weighted by atomic mass is 35.5. The minimum Gasteiger partial charge on any atom is -0.368 e. The lowest BCUT2D eigenvalue weighted by Gasteiger charge is -2.36. The summed E-state index contributed by atoms with van der Waals surface area (Å²) in [4.78, 5) is 37.5. The van der Waals surface area contributed by atoms with Gasteiger partial charge in [-0.15, -0.1) is 0 Å². The van der Waals surface area contributed by atoms with Gasteiger partial charge in [0.1, 0.15) is 11.0 Å². The summed E-state index contributed by atoms with van der Waals surface area (Å²) < 4.78 is 1.51. The molecule has 4 aromatic rings. The van der Waals surface area contributed by atoms with Crippen molar-refractivity contribution in [3.05, 3.63) is 68.7 Å². The van der Waals surface area contributed by atoms with E-state index in [1.54, 1.807) is 6.07 Å². The van der Waals surface area contributed by atoms with Crippen molar-refractivity contribution in [3.63, 3.8) is 0 Å². The first-order chi connectivity index (χ1) is 15.9. The smallest absolute Gasteiger partial charge is 0.277 e. The molecule has 2 aromatic heterocycles. The number of carbonyl (C=O) groups is 1. The molecule has 0 atom stereocenters. The molecule has 0 spiro atoms. The molecule has 7 nitrogen and oxygen atoms in total. The number of aryl methyl sites for hydroxylation is 2. The second-order valence-corrected chi connectivity index (χ2v) is 9.17. The van der Waals surface area contributed by atoms with Gasteiger partial charge in [-0.2, -0.15) is 0 Å². The van der Waals surface area contributed by atoms with Crippen molar-refractivity contribution in [3.8, 4) is 0 Å². The van der Waals surface area contributed by atoms with Gasteiger partial charge in [0.05, 0.1) is 16.4 Å². The fourth-order valence-electron chi connectivity index (χ4n) is 4.33. The van der Waals surface area contributed by atoms with Crippen molar-refractivity contribution >= 4 is 56.7 Å². The number of H-pyrrole nitrogens is 1. The van der Waals surface area contributed by atoms with Gasteiger partial charge in [0.15, 0.2) is 0 Å². The highest BCUT2D eigenvalue weighted by molar-refractivity contribution is 6.42. The topological polar surface area (TPSA) is 74.2 Å². The van der Waals surface area contributed by atoms with Crippen molar-refractivity contribution < 1.29 is 4.79 Å². The summed E-state index contributed by atoms with van der Waals surface area (Å²) in [6.45, 7) is 4.97. The minimum absolute atomic E-state index is 0.0306. The predicted molar refractivity (Wildman–Crippen MR) is 132 cm³/mol. The van der Waals surface area contributed by atoms with Crippen molar-refractivity contribution in [1.29, 1.82) is 0 Å². The molecule has 0 aliphatic carbocycles. The van der Waals surface area contributed by atoms with Crippen LogP contribution in [0.5, 0.6) is 0 Å². The van der Waals surface area contributed by atoms with E-state index in [1.807, 2.05) is 42.2 Å². The molecule has 33 heavy (non-hydrogen) atoms. The highest BCUT2D eigenvalue weighted by Gasteiger charge is 2.22. The van der Waals surface area contributed by atoms with E-state index in [9.17, 15) is 9.59 Å². The Bertz CT molecular complexity index is 1420. The van der Waals surface area contributed by atoms with Crippen LogP contribution in [0.3, 0.4) is 0 Å². The normalized spacial score (nSPS) is 14.4. The van der Waals surface area contributed by atoms with Gasteiger partial charge >= 0.3 is 0 Å². The first kappa shape index (κ1) is 21.8. The maximum atomic E-state index is 13.0. The molecule has 0 saturated carbocycles. The van der Waals surface area contributed by atoms with Gasteiger partial charge < -0.3 is 14.8 Å². The molecule has 1 aliphatic rings.